The van der Waals surface area contributed by atoms with E-state index in [-0.39, 0.29) is 5.82 Å². The van der Waals surface area contributed by atoms with E-state index < -0.39 is 0 Å². The minimum Gasteiger partial charge on any atom is -0.352 e. The number of hydrogen-bond donors (Lipinski definition) is 2. The Morgan fingerprint density at radius 3 is 2.78 bits per heavy atom. The van der Waals surface area contributed by atoms with Crippen molar-refractivity contribution in [2.45, 2.75) is 39.4 Å². The van der Waals surface area contributed by atoms with E-state index in [1.54, 1.807) is 42.5 Å². The van der Waals surface area contributed by atoms with E-state index in [0.29, 0.717) is 30.2 Å². The van der Waals surface area contributed by atoms with Crippen LogP contribution in [0.15, 0.2) is 41.9 Å². The predicted octanol–water partition coefficient (Wildman–Crippen LogP) is 2.41. The highest BCUT2D eigenvalue weighted by Gasteiger charge is 2.31. The second-order valence-corrected chi connectivity index (χ2v) is 7.46. The first kappa shape index (κ1) is 19.4. The molecule has 2 unspecified atom stereocenters. The molecule has 2 heterocycles. The van der Waals surface area contributed by atoms with Gasteiger partial charge in [0.25, 0.3) is 0 Å². The molecule has 1 aromatic carbocycles. The van der Waals surface area contributed by atoms with Crippen molar-refractivity contribution in [3.8, 4) is 5.69 Å². The minimum absolute atomic E-state index is 0.271. The van der Waals surface area contributed by atoms with E-state index in [4.69, 9.17) is 0 Å². The molecule has 0 radical (unpaired) electrons. The molecule has 6 nitrogen and oxygen atoms in total. The number of aromatic nitrogens is 2. The van der Waals surface area contributed by atoms with Gasteiger partial charge in [0.15, 0.2) is 5.96 Å². The number of halogens is 1. The van der Waals surface area contributed by atoms with Crippen LogP contribution in [0.25, 0.3) is 5.69 Å². The number of rotatable bonds is 5. The molecule has 0 amide bonds. The van der Waals surface area contributed by atoms with Crippen molar-refractivity contribution in [1.29, 1.82) is 0 Å². The molecule has 0 saturated carbocycles. The van der Waals surface area contributed by atoms with Crippen LogP contribution >= 0.6 is 0 Å². The van der Waals surface area contributed by atoms with Crippen molar-refractivity contribution < 1.29 is 4.39 Å². The zero-order valence-corrected chi connectivity index (χ0v) is 16.5. The summed E-state index contributed by atoms with van der Waals surface area (Å²) in [5.41, 5.74) is 1.36. The molecule has 2 aromatic rings. The maximum Gasteiger partial charge on any atom is 0.191 e. The monoisotopic (exact) mass is 372 g/mol. The Balaban J connectivity index is 1.58. The van der Waals surface area contributed by atoms with Crippen LogP contribution in [-0.2, 0) is 6.54 Å². The third kappa shape index (κ3) is 4.66. The van der Waals surface area contributed by atoms with Crippen molar-refractivity contribution in [1.82, 2.24) is 25.1 Å². The lowest BCUT2D eigenvalue weighted by Crippen LogP contribution is -2.46. The van der Waals surface area contributed by atoms with Crippen LogP contribution in [-0.4, -0.2) is 52.6 Å². The summed E-state index contributed by atoms with van der Waals surface area (Å²) in [6.45, 7) is 9.32. The first-order valence-electron chi connectivity index (χ1n) is 9.46. The van der Waals surface area contributed by atoms with Gasteiger partial charge in [-0.1, -0.05) is 13.0 Å². The van der Waals surface area contributed by atoms with Gasteiger partial charge in [0, 0.05) is 51.2 Å². The maximum absolute atomic E-state index is 14.4. The number of imidazole rings is 1. The number of guanidine groups is 1. The number of benzene rings is 1. The Labute approximate surface area is 160 Å². The lowest BCUT2D eigenvalue weighted by molar-refractivity contribution is 0.265. The number of nitrogens with zero attached hydrogens (tertiary/aromatic N) is 4. The quantitative estimate of drug-likeness (QED) is 0.625. The lowest BCUT2D eigenvalue weighted by atomic mass is 10.1. The highest BCUT2D eigenvalue weighted by molar-refractivity contribution is 5.80. The smallest absolute Gasteiger partial charge is 0.191 e. The highest BCUT2D eigenvalue weighted by atomic mass is 19.1. The molecule has 1 aromatic heterocycles. The lowest BCUT2D eigenvalue weighted by Gasteiger charge is -2.22. The summed E-state index contributed by atoms with van der Waals surface area (Å²) < 4.78 is 16.1. The van der Waals surface area contributed by atoms with Gasteiger partial charge in [0.05, 0.1) is 12.0 Å². The zero-order chi connectivity index (χ0) is 19.4. The SMILES string of the molecule is CN=C(NCc1ccc(-n2ccnc2)c(F)c1)NC1CN(C(C)C)CC1C. The third-order valence-electron chi connectivity index (χ3n) is 5.17. The van der Waals surface area contributed by atoms with Crippen LogP contribution in [0, 0.1) is 11.7 Å². The maximum atomic E-state index is 14.4. The summed E-state index contributed by atoms with van der Waals surface area (Å²) in [6, 6.07) is 6.14. The van der Waals surface area contributed by atoms with Gasteiger partial charge < -0.3 is 15.2 Å². The fourth-order valence-electron chi connectivity index (χ4n) is 3.44. The summed E-state index contributed by atoms with van der Waals surface area (Å²) >= 11 is 0. The second kappa shape index (κ2) is 8.52. The van der Waals surface area contributed by atoms with Gasteiger partial charge in [0.1, 0.15) is 5.82 Å². The van der Waals surface area contributed by atoms with Crippen LogP contribution in [0.3, 0.4) is 0 Å². The van der Waals surface area contributed by atoms with E-state index in [0.717, 1.165) is 24.6 Å². The van der Waals surface area contributed by atoms with Crippen LogP contribution < -0.4 is 10.6 Å². The zero-order valence-electron chi connectivity index (χ0n) is 16.5. The van der Waals surface area contributed by atoms with Crippen LogP contribution in [0.2, 0.25) is 0 Å². The third-order valence-corrected chi connectivity index (χ3v) is 5.17. The predicted molar refractivity (Wildman–Crippen MR) is 107 cm³/mol. The summed E-state index contributed by atoms with van der Waals surface area (Å²) in [6.07, 6.45) is 4.95. The van der Waals surface area contributed by atoms with Crippen LogP contribution in [0.5, 0.6) is 0 Å². The molecule has 0 spiro atoms. The molecular weight excluding hydrogens is 343 g/mol. The van der Waals surface area contributed by atoms with Gasteiger partial charge >= 0.3 is 0 Å². The van der Waals surface area contributed by atoms with Gasteiger partial charge in [-0.05, 0) is 37.5 Å². The van der Waals surface area contributed by atoms with E-state index in [1.807, 2.05) is 6.07 Å². The minimum atomic E-state index is -0.271. The molecular formula is C20H29FN6. The second-order valence-electron chi connectivity index (χ2n) is 7.46. The Morgan fingerprint density at radius 2 is 2.19 bits per heavy atom. The standard InChI is InChI=1S/C20H29FN6/c1-14(2)27-11-15(3)18(12-27)25-20(22-4)24-10-16-5-6-19(17(21)9-16)26-8-7-23-13-26/h5-9,13-15,18H,10-12H2,1-4H3,(H2,22,24,25). The topological polar surface area (TPSA) is 57.5 Å². The summed E-state index contributed by atoms with van der Waals surface area (Å²) in [4.78, 5) is 10.8. The fourth-order valence-corrected chi connectivity index (χ4v) is 3.44. The summed E-state index contributed by atoms with van der Waals surface area (Å²) in [5, 5.41) is 6.80. The molecule has 27 heavy (non-hydrogen) atoms. The first-order chi connectivity index (χ1) is 13.0. The van der Waals surface area contributed by atoms with E-state index in [2.05, 4.69) is 46.3 Å². The van der Waals surface area contributed by atoms with Gasteiger partial charge in [-0.25, -0.2) is 9.37 Å². The van der Waals surface area contributed by atoms with E-state index >= 15 is 0 Å². The molecule has 2 N–H and O–H groups in total. The van der Waals surface area contributed by atoms with E-state index in [9.17, 15) is 4.39 Å². The van der Waals surface area contributed by atoms with Crippen LogP contribution in [0.4, 0.5) is 4.39 Å². The Kier molecular flexibility index (Phi) is 6.11. The van der Waals surface area contributed by atoms with E-state index in [1.165, 1.54) is 0 Å². The largest absolute Gasteiger partial charge is 0.352 e. The molecule has 3 rings (SSSR count). The number of hydrogen-bond acceptors (Lipinski definition) is 3. The molecule has 2 atom stereocenters. The Hall–Kier alpha value is -2.41. The fraction of sp³-hybridized carbons (Fsp3) is 0.500. The van der Waals surface area contributed by atoms with Crippen LogP contribution in [0.1, 0.15) is 26.3 Å². The molecule has 146 valence electrons. The first-order valence-corrected chi connectivity index (χ1v) is 9.46. The van der Waals surface area contributed by atoms with Crippen molar-refractivity contribution in [3.63, 3.8) is 0 Å². The van der Waals surface area contributed by atoms with Gasteiger partial charge in [-0.3, -0.25) is 9.89 Å². The van der Waals surface area contributed by atoms with Crippen molar-refractivity contribution in [3.05, 3.63) is 48.3 Å². The van der Waals surface area contributed by atoms with Crippen molar-refractivity contribution >= 4 is 5.96 Å². The summed E-state index contributed by atoms with van der Waals surface area (Å²) in [7, 11) is 1.76. The van der Waals surface area contributed by atoms with Gasteiger partial charge in [-0.15, -0.1) is 0 Å². The average Bonchev–Trinajstić information content (AvgIpc) is 3.29. The Bertz CT molecular complexity index is 771. The normalized spacial score (nSPS) is 21.0. The van der Waals surface area contributed by atoms with Crippen molar-refractivity contribution in [2.24, 2.45) is 10.9 Å². The molecule has 1 saturated heterocycles. The van der Waals surface area contributed by atoms with Crippen molar-refractivity contribution in [2.75, 3.05) is 20.1 Å². The molecule has 1 aliphatic heterocycles. The molecule has 1 aliphatic rings. The highest BCUT2D eigenvalue weighted by Crippen LogP contribution is 2.19. The van der Waals surface area contributed by atoms with Gasteiger partial charge in [0.2, 0.25) is 0 Å². The number of likely N-dealkylation sites (tertiary alicyclic amines) is 1. The summed E-state index contributed by atoms with van der Waals surface area (Å²) in [5.74, 6) is 1.03. The number of aliphatic imine (C=N–C) groups is 1. The molecule has 1 fully saturated rings. The average molecular weight is 372 g/mol. The molecule has 0 bridgehead atoms. The Morgan fingerprint density at radius 1 is 1.37 bits per heavy atom. The van der Waals surface area contributed by atoms with Gasteiger partial charge in [-0.2, -0.15) is 0 Å². The molecule has 7 heteroatoms. The molecule has 0 aliphatic carbocycles. The number of nitrogens with one attached hydrogen (secondary N) is 2.